The van der Waals surface area contributed by atoms with Crippen molar-refractivity contribution in [2.24, 2.45) is 0 Å². The average Bonchev–Trinajstić information content (AvgIpc) is 1.89. The normalized spacial score (nSPS) is 11.2. The van der Waals surface area contributed by atoms with Gasteiger partial charge in [0.15, 0.2) is 0 Å². The molecule has 0 rings (SSSR count). The fourth-order valence-corrected chi connectivity index (χ4v) is 0.424. The van der Waals surface area contributed by atoms with Gasteiger partial charge in [0.2, 0.25) is 0 Å². The monoisotopic (exact) mass is 124 g/mol. The molecule has 0 aromatic heterocycles. The highest BCUT2D eigenvalue weighted by molar-refractivity contribution is 5.00. The lowest BCUT2D eigenvalue weighted by molar-refractivity contribution is 0.342. The summed E-state index contributed by atoms with van der Waals surface area (Å²) in [6.45, 7) is 3.65. The first-order chi connectivity index (χ1) is 4.41. The van der Waals surface area contributed by atoms with E-state index in [1.54, 1.807) is 12.2 Å². The summed E-state index contributed by atoms with van der Waals surface area (Å²) in [5.74, 6) is 0. The van der Waals surface area contributed by atoms with Crippen molar-refractivity contribution >= 4 is 0 Å². The highest BCUT2D eigenvalue weighted by atomic mass is 16.2. The van der Waals surface area contributed by atoms with E-state index in [2.05, 4.69) is 6.58 Å². The Hall–Kier alpha value is -0.820. The second-order valence-electron chi connectivity index (χ2n) is 1.55. The summed E-state index contributed by atoms with van der Waals surface area (Å²) in [7, 11) is 0. The smallest absolute Gasteiger partial charge is 0.0612 e. The molecule has 0 spiro atoms. The predicted octanol–water partition coefficient (Wildman–Crippen LogP) is 1.67. The van der Waals surface area contributed by atoms with Crippen LogP contribution in [0.1, 0.15) is 6.42 Å². The summed E-state index contributed by atoms with van der Waals surface area (Å²) in [6, 6.07) is 0. The topological polar surface area (TPSA) is 20.2 Å². The highest BCUT2D eigenvalue weighted by Crippen LogP contribution is 1.84. The molecule has 0 amide bonds. The van der Waals surface area contributed by atoms with E-state index in [-0.39, 0.29) is 6.61 Å². The van der Waals surface area contributed by atoms with Gasteiger partial charge in [0.1, 0.15) is 0 Å². The lowest BCUT2D eigenvalue weighted by Gasteiger charge is -1.78. The van der Waals surface area contributed by atoms with Crippen molar-refractivity contribution < 1.29 is 5.11 Å². The molecule has 0 aliphatic heterocycles. The number of aliphatic hydroxyl groups excluding tert-OH is 1. The zero-order chi connectivity index (χ0) is 6.95. The van der Waals surface area contributed by atoms with Crippen LogP contribution in [-0.4, -0.2) is 11.7 Å². The number of aliphatic hydroxyl groups is 1. The molecule has 0 bridgehead atoms. The number of allylic oxidation sites excluding steroid dienone is 4. The van der Waals surface area contributed by atoms with Crippen LogP contribution >= 0.6 is 0 Å². The molecule has 0 saturated heterocycles. The molecule has 0 saturated carbocycles. The third kappa shape index (κ3) is 7.18. The molecule has 0 aliphatic carbocycles. The Bertz CT molecular complexity index is 112. The molecule has 0 fully saturated rings. The quantitative estimate of drug-likeness (QED) is 0.446. The van der Waals surface area contributed by atoms with E-state index in [4.69, 9.17) is 5.11 Å². The molecule has 0 heterocycles. The maximum atomic E-state index is 8.29. The van der Waals surface area contributed by atoms with Gasteiger partial charge < -0.3 is 5.11 Å². The fourth-order valence-electron chi connectivity index (χ4n) is 0.424. The number of hydrogen-bond acceptors (Lipinski definition) is 1. The lowest BCUT2D eigenvalue weighted by Crippen LogP contribution is -1.68. The molecule has 0 aliphatic rings. The molecule has 9 heavy (non-hydrogen) atoms. The molecular weight excluding hydrogens is 112 g/mol. The van der Waals surface area contributed by atoms with Crippen molar-refractivity contribution in [3.05, 3.63) is 37.0 Å². The fraction of sp³-hybridized carbons (Fsp3) is 0.250. The van der Waals surface area contributed by atoms with Gasteiger partial charge >= 0.3 is 0 Å². The largest absolute Gasteiger partial charge is 0.392 e. The summed E-state index contributed by atoms with van der Waals surface area (Å²) in [6.07, 6.45) is 10.1. The predicted molar refractivity (Wildman–Crippen MR) is 40.2 cm³/mol. The first-order valence-corrected chi connectivity index (χ1v) is 2.95. The molecule has 0 aromatic carbocycles. The van der Waals surface area contributed by atoms with Gasteiger partial charge in [0.25, 0.3) is 0 Å². The Morgan fingerprint density at radius 3 is 2.56 bits per heavy atom. The van der Waals surface area contributed by atoms with Crippen molar-refractivity contribution in [2.45, 2.75) is 6.42 Å². The van der Waals surface area contributed by atoms with Crippen LogP contribution in [0.25, 0.3) is 0 Å². The van der Waals surface area contributed by atoms with Gasteiger partial charge in [-0.1, -0.05) is 37.0 Å². The minimum atomic E-state index is 0.127. The van der Waals surface area contributed by atoms with Crippen LogP contribution in [0.4, 0.5) is 0 Å². The third-order valence-corrected chi connectivity index (χ3v) is 0.816. The summed E-state index contributed by atoms with van der Waals surface area (Å²) in [4.78, 5) is 0. The van der Waals surface area contributed by atoms with Gasteiger partial charge in [0.05, 0.1) is 6.61 Å². The Morgan fingerprint density at radius 1 is 1.22 bits per heavy atom. The second-order valence-corrected chi connectivity index (χ2v) is 1.55. The van der Waals surface area contributed by atoms with Crippen LogP contribution in [-0.2, 0) is 0 Å². The van der Waals surface area contributed by atoms with Gasteiger partial charge in [-0.05, 0) is 6.42 Å². The molecule has 0 aromatic rings. The third-order valence-electron chi connectivity index (χ3n) is 0.816. The van der Waals surface area contributed by atoms with Gasteiger partial charge in [-0.25, -0.2) is 0 Å². The van der Waals surface area contributed by atoms with Crippen LogP contribution in [0.5, 0.6) is 0 Å². The Kier molecular flexibility index (Phi) is 6.53. The molecular formula is C8H12O. The van der Waals surface area contributed by atoms with Crippen molar-refractivity contribution in [3.8, 4) is 0 Å². The van der Waals surface area contributed by atoms with E-state index in [9.17, 15) is 0 Å². The molecule has 0 atom stereocenters. The summed E-state index contributed by atoms with van der Waals surface area (Å²) >= 11 is 0. The number of hydrogen-bond donors (Lipinski definition) is 1. The van der Waals surface area contributed by atoms with Crippen molar-refractivity contribution in [3.63, 3.8) is 0 Å². The van der Waals surface area contributed by atoms with Gasteiger partial charge in [0, 0.05) is 0 Å². The number of rotatable bonds is 4. The van der Waals surface area contributed by atoms with Gasteiger partial charge in [-0.15, -0.1) is 0 Å². The zero-order valence-corrected chi connectivity index (χ0v) is 5.46. The maximum Gasteiger partial charge on any atom is 0.0612 e. The van der Waals surface area contributed by atoms with Crippen LogP contribution < -0.4 is 0 Å². The van der Waals surface area contributed by atoms with Crippen LogP contribution in [0.15, 0.2) is 37.0 Å². The Labute approximate surface area is 56.0 Å². The second kappa shape index (κ2) is 7.18. The van der Waals surface area contributed by atoms with Crippen molar-refractivity contribution in [1.29, 1.82) is 0 Å². The van der Waals surface area contributed by atoms with Crippen LogP contribution in [0.2, 0.25) is 0 Å². The Morgan fingerprint density at radius 2 is 2.00 bits per heavy atom. The van der Waals surface area contributed by atoms with Crippen LogP contribution in [0, 0.1) is 0 Å². The minimum absolute atomic E-state index is 0.127. The standard InChI is InChI=1S/C8H12O/c1-2-3-4-5-6-7-8-9/h2-4,6-7,9H,1,5,8H2. The Balaban J connectivity index is 3.17. The molecule has 0 unspecified atom stereocenters. The molecule has 50 valence electrons. The maximum absolute atomic E-state index is 8.29. The highest BCUT2D eigenvalue weighted by Gasteiger charge is 1.66. The van der Waals surface area contributed by atoms with Gasteiger partial charge in [-0.3, -0.25) is 0 Å². The van der Waals surface area contributed by atoms with Crippen molar-refractivity contribution in [2.75, 3.05) is 6.61 Å². The lowest BCUT2D eigenvalue weighted by atomic mass is 10.3. The molecule has 1 heteroatoms. The SMILES string of the molecule is C=CC=CCC=CCO. The van der Waals surface area contributed by atoms with E-state index >= 15 is 0 Å². The zero-order valence-electron chi connectivity index (χ0n) is 5.46. The van der Waals surface area contributed by atoms with E-state index in [0.717, 1.165) is 6.42 Å². The summed E-state index contributed by atoms with van der Waals surface area (Å²) in [5.41, 5.74) is 0. The van der Waals surface area contributed by atoms with E-state index in [1.165, 1.54) is 0 Å². The van der Waals surface area contributed by atoms with Gasteiger partial charge in [-0.2, -0.15) is 0 Å². The van der Waals surface area contributed by atoms with Crippen LogP contribution in [0.3, 0.4) is 0 Å². The van der Waals surface area contributed by atoms with E-state index in [0.29, 0.717) is 0 Å². The average molecular weight is 124 g/mol. The molecule has 0 radical (unpaired) electrons. The van der Waals surface area contributed by atoms with Crippen molar-refractivity contribution in [1.82, 2.24) is 0 Å². The first-order valence-electron chi connectivity index (χ1n) is 2.95. The van der Waals surface area contributed by atoms with E-state index in [1.807, 2.05) is 18.2 Å². The molecule has 1 nitrogen and oxygen atoms in total. The van der Waals surface area contributed by atoms with E-state index < -0.39 is 0 Å². The molecule has 1 N–H and O–H groups in total. The first kappa shape index (κ1) is 8.18. The summed E-state index contributed by atoms with van der Waals surface area (Å²) in [5, 5.41) is 8.29. The minimum Gasteiger partial charge on any atom is -0.392 e. The summed E-state index contributed by atoms with van der Waals surface area (Å²) < 4.78 is 0.